The number of amides is 2. The maximum absolute atomic E-state index is 13.0. The van der Waals surface area contributed by atoms with E-state index in [4.69, 9.17) is 28.4 Å². The molecular formula is C33H40N2O9. The Labute approximate surface area is 257 Å². The standard InChI is InChI=1S/C33H40N2O9/c1-6-15-39-30(37)25(16-28(36)34-17-26-29(44-33(4,5)42-26)27-19-41-32(2,3)43-27)35-31(38)40-18-24-22-13-9-7-11-20(22)21-12-8-10-14-23(21)24/h6-14,24-27,29H,1,15-19H2,2-5H3,(H,34,36)(H,35,38)/t25?,26-,27-,29+/m1/s1. The molecule has 0 bridgehead atoms. The fraction of sp³-hybridized carbons (Fsp3) is 0.485. The summed E-state index contributed by atoms with van der Waals surface area (Å²) >= 11 is 0. The van der Waals surface area contributed by atoms with Gasteiger partial charge >= 0.3 is 12.1 Å². The lowest BCUT2D eigenvalue weighted by Gasteiger charge is -2.24. The molecule has 2 N–H and O–H groups in total. The molecule has 236 valence electrons. The Morgan fingerprint density at radius 1 is 0.955 bits per heavy atom. The molecule has 11 heteroatoms. The summed E-state index contributed by atoms with van der Waals surface area (Å²) < 4.78 is 34.5. The highest BCUT2D eigenvalue weighted by molar-refractivity contribution is 5.88. The molecule has 0 spiro atoms. The van der Waals surface area contributed by atoms with E-state index in [1.165, 1.54) is 6.08 Å². The first-order valence-electron chi connectivity index (χ1n) is 14.8. The number of ether oxygens (including phenoxy) is 6. The van der Waals surface area contributed by atoms with Crippen LogP contribution in [-0.4, -0.2) is 80.3 Å². The van der Waals surface area contributed by atoms with Gasteiger partial charge in [-0.3, -0.25) is 4.79 Å². The Hall–Kier alpha value is -3.77. The van der Waals surface area contributed by atoms with E-state index in [2.05, 4.69) is 17.2 Å². The zero-order valence-corrected chi connectivity index (χ0v) is 25.5. The van der Waals surface area contributed by atoms with Crippen molar-refractivity contribution in [1.82, 2.24) is 10.6 Å². The second kappa shape index (κ2) is 13.1. The molecule has 11 nitrogen and oxygen atoms in total. The highest BCUT2D eigenvalue weighted by Crippen LogP contribution is 2.44. The van der Waals surface area contributed by atoms with E-state index >= 15 is 0 Å². The molecule has 44 heavy (non-hydrogen) atoms. The molecule has 4 atom stereocenters. The molecule has 2 saturated heterocycles. The number of nitrogens with one attached hydrogen (secondary N) is 2. The second-order valence-electron chi connectivity index (χ2n) is 12.0. The summed E-state index contributed by atoms with van der Waals surface area (Å²) in [5.41, 5.74) is 4.30. The number of carbonyl (C=O) groups is 3. The minimum Gasteiger partial charge on any atom is -0.460 e. The van der Waals surface area contributed by atoms with Crippen LogP contribution in [0.1, 0.15) is 51.2 Å². The first kappa shape index (κ1) is 31.6. The van der Waals surface area contributed by atoms with Gasteiger partial charge < -0.3 is 39.1 Å². The van der Waals surface area contributed by atoms with Crippen LogP contribution in [0.2, 0.25) is 0 Å². The van der Waals surface area contributed by atoms with E-state index in [9.17, 15) is 14.4 Å². The molecule has 5 rings (SSSR count). The monoisotopic (exact) mass is 608 g/mol. The van der Waals surface area contributed by atoms with Gasteiger partial charge in [-0.15, -0.1) is 0 Å². The molecule has 0 aromatic heterocycles. The maximum atomic E-state index is 13.0. The molecule has 2 aliphatic heterocycles. The molecule has 1 aliphatic carbocycles. The molecule has 0 saturated carbocycles. The van der Waals surface area contributed by atoms with Crippen LogP contribution in [0.5, 0.6) is 0 Å². The molecule has 2 fully saturated rings. The van der Waals surface area contributed by atoms with Gasteiger partial charge in [0.25, 0.3) is 0 Å². The Kier molecular flexibility index (Phi) is 9.40. The molecule has 1 unspecified atom stereocenters. The first-order chi connectivity index (χ1) is 21.0. The number of rotatable bonds is 11. The van der Waals surface area contributed by atoms with Crippen LogP contribution in [0, 0.1) is 0 Å². The first-order valence-corrected chi connectivity index (χ1v) is 14.8. The van der Waals surface area contributed by atoms with Crippen molar-refractivity contribution in [3.8, 4) is 11.1 Å². The predicted molar refractivity (Wildman–Crippen MR) is 160 cm³/mol. The molecule has 2 amide bonds. The lowest BCUT2D eigenvalue weighted by Crippen LogP contribution is -2.48. The number of benzene rings is 2. The highest BCUT2D eigenvalue weighted by atomic mass is 16.8. The van der Waals surface area contributed by atoms with Crippen LogP contribution in [-0.2, 0) is 38.0 Å². The summed E-state index contributed by atoms with van der Waals surface area (Å²) in [5, 5.41) is 5.30. The van der Waals surface area contributed by atoms with Gasteiger partial charge in [-0.1, -0.05) is 61.2 Å². The van der Waals surface area contributed by atoms with Gasteiger partial charge in [0.2, 0.25) is 5.91 Å². The summed E-state index contributed by atoms with van der Waals surface area (Å²) in [6.45, 7) is 11.1. The van der Waals surface area contributed by atoms with Crippen LogP contribution in [0.4, 0.5) is 4.79 Å². The van der Waals surface area contributed by atoms with Gasteiger partial charge in [0.05, 0.1) is 13.0 Å². The Morgan fingerprint density at radius 3 is 2.23 bits per heavy atom. The van der Waals surface area contributed by atoms with Crippen LogP contribution in [0.3, 0.4) is 0 Å². The Bertz CT molecular complexity index is 1350. The number of hydrogen-bond acceptors (Lipinski definition) is 9. The SMILES string of the molecule is C=CCOC(=O)C(CC(=O)NC[C@H]1OC(C)(C)O[C@@H]1[C@H]1COC(C)(C)O1)NC(=O)OCC1c2ccccc2-c2ccccc21. The highest BCUT2D eigenvalue weighted by Gasteiger charge is 2.49. The van der Waals surface area contributed by atoms with Crippen LogP contribution < -0.4 is 10.6 Å². The Morgan fingerprint density at radius 2 is 1.61 bits per heavy atom. The van der Waals surface area contributed by atoms with Crippen molar-refractivity contribution in [3.05, 3.63) is 72.3 Å². The predicted octanol–water partition coefficient (Wildman–Crippen LogP) is 3.80. The molecule has 0 radical (unpaired) electrons. The van der Waals surface area contributed by atoms with E-state index < -0.39 is 47.8 Å². The van der Waals surface area contributed by atoms with Gasteiger partial charge in [-0.2, -0.15) is 0 Å². The molecule has 2 aromatic rings. The van der Waals surface area contributed by atoms with Crippen LogP contribution >= 0.6 is 0 Å². The third kappa shape index (κ3) is 7.29. The summed E-state index contributed by atoms with van der Waals surface area (Å²) in [4.78, 5) is 38.7. The van der Waals surface area contributed by atoms with E-state index in [1.54, 1.807) is 13.8 Å². The van der Waals surface area contributed by atoms with Crippen molar-refractivity contribution in [2.24, 2.45) is 0 Å². The smallest absolute Gasteiger partial charge is 0.407 e. The third-order valence-corrected chi connectivity index (χ3v) is 7.77. The number of carbonyl (C=O) groups excluding carboxylic acids is 3. The normalized spacial score (nSPS) is 23.7. The van der Waals surface area contributed by atoms with E-state index in [0.29, 0.717) is 6.61 Å². The van der Waals surface area contributed by atoms with Crippen LogP contribution in [0.25, 0.3) is 11.1 Å². The van der Waals surface area contributed by atoms with Crippen molar-refractivity contribution in [1.29, 1.82) is 0 Å². The van der Waals surface area contributed by atoms with Crippen molar-refractivity contribution in [2.75, 3.05) is 26.4 Å². The fourth-order valence-corrected chi connectivity index (χ4v) is 5.90. The average molecular weight is 609 g/mol. The summed E-state index contributed by atoms with van der Waals surface area (Å²) in [6, 6.07) is 14.7. The number of esters is 1. The van der Waals surface area contributed by atoms with Gasteiger partial charge in [0.1, 0.15) is 37.6 Å². The van der Waals surface area contributed by atoms with Crippen molar-refractivity contribution in [3.63, 3.8) is 0 Å². The van der Waals surface area contributed by atoms with Crippen molar-refractivity contribution >= 4 is 18.0 Å². The van der Waals surface area contributed by atoms with E-state index in [-0.39, 0.29) is 38.2 Å². The van der Waals surface area contributed by atoms with E-state index in [0.717, 1.165) is 22.3 Å². The fourth-order valence-electron chi connectivity index (χ4n) is 5.90. The molecular weight excluding hydrogens is 568 g/mol. The third-order valence-electron chi connectivity index (χ3n) is 7.77. The minimum atomic E-state index is -1.29. The van der Waals surface area contributed by atoms with Crippen molar-refractivity contribution < 1.29 is 42.8 Å². The lowest BCUT2D eigenvalue weighted by atomic mass is 9.98. The second-order valence-corrected chi connectivity index (χ2v) is 12.0. The molecule has 2 aromatic carbocycles. The minimum absolute atomic E-state index is 0.0560. The molecule has 2 heterocycles. The molecule has 3 aliphatic rings. The van der Waals surface area contributed by atoms with E-state index in [1.807, 2.05) is 62.4 Å². The van der Waals surface area contributed by atoms with Crippen LogP contribution in [0.15, 0.2) is 61.2 Å². The maximum Gasteiger partial charge on any atom is 0.407 e. The number of hydrogen-bond donors (Lipinski definition) is 2. The average Bonchev–Trinajstić information content (AvgIpc) is 3.62. The summed E-state index contributed by atoms with van der Waals surface area (Å²) in [5.74, 6) is -3.09. The summed E-state index contributed by atoms with van der Waals surface area (Å²) in [6.07, 6.45) is -1.21. The largest absolute Gasteiger partial charge is 0.460 e. The van der Waals surface area contributed by atoms with Gasteiger partial charge in [-0.05, 0) is 49.9 Å². The zero-order valence-electron chi connectivity index (χ0n) is 25.5. The quantitative estimate of drug-likeness (QED) is 0.289. The zero-order chi connectivity index (χ0) is 31.5. The van der Waals surface area contributed by atoms with Gasteiger partial charge in [-0.25, -0.2) is 9.59 Å². The van der Waals surface area contributed by atoms with Gasteiger partial charge in [0, 0.05) is 12.5 Å². The topological polar surface area (TPSA) is 131 Å². The van der Waals surface area contributed by atoms with Gasteiger partial charge in [0.15, 0.2) is 11.6 Å². The lowest BCUT2D eigenvalue weighted by molar-refractivity contribution is -0.174. The Balaban J connectivity index is 1.18. The van der Waals surface area contributed by atoms with Crippen molar-refractivity contribution in [2.45, 2.75) is 76.0 Å². The summed E-state index contributed by atoms with van der Waals surface area (Å²) in [7, 11) is 0. The number of fused-ring (bicyclic) bond motifs is 3. The number of alkyl carbamates (subject to hydrolysis) is 1.